The van der Waals surface area contributed by atoms with Gasteiger partial charge in [0.1, 0.15) is 23.6 Å². The number of carbonyl (C=O) groups is 7. The molecule has 0 unspecified atom stereocenters. The molecule has 6 N–H and O–H groups in total. The van der Waals surface area contributed by atoms with Crippen LogP contribution in [0.25, 0.3) is 22.3 Å². The lowest BCUT2D eigenvalue weighted by Gasteiger charge is -2.32. The van der Waals surface area contributed by atoms with Crippen LogP contribution in [0.4, 0.5) is 0 Å². The van der Waals surface area contributed by atoms with Gasteiger partial charge in [-0.15, -0.1) is 0 Å². The predicted molar refractivity (Wildman–Crippen MR) is 250 cm³/mol. The number of fused-ring (bicyclic) bond motifs is 5. The predicted octanol–water partition coefficient (Wildman–Crippen LogP) is 6.18. The number of nitrogens with one attached hydrogen (secondary N) is 2. The number of carbonyl (C=O) groups excluding carboxylic acids is 7. The van der Waals surface area contributed by atoms with E-state index in [0.29, 0.717) is 60.5 Å². The number of aromatic hydroxyl groups is 2. The molecule has 2 aliphatic heterocycles. The Balaban J connectivity index is 1.29. The van der Waals surface area contributed by atoms with Crippen molar-refractivity contribution in [3.05, 3.63) is 107 Å². The van der Waals surface area contributed by atoms with E-state index in [0.717, 1.165) is 11.1 Å². The van der Waals surface area contributed by atoms with Crippen molar-refractivity contribution in [2.75, 3.05) is 27.2 Å². The van der Waals surface area contributed by atoms with Crippen molar-refractivity contribution in [2.24, 2.45) is 23.5 Å². The van der Waals surface area contributed by atoms with E-state index in [-0.39, 0.29) is 60.0 Å². The lowest BCUT2D eigenvalue weighted by atomic mass is 9.87. The molecule has 2 heterocycles. The average molecular weight is 921 g/mol. The van der Waals surface area contributed by atoms with Crippen LogP contribution in [-0.2, 0) is 35.2 Å². The maximum absolute atomic E-state index is 14.7. The highest BCUT2D eigenvalue weighted by Gasteiger charge is 2.37. The molecule has 4 aromatic carbocycles. The number of hydrogen-bond donors (Lipinski definition) is 5. The normalized spacial score (nSPS) is 19.5. The van der Waals surface area contributed by atoms with Gasteiger partial charge in [0.25, 0.3) is 0 Å². The van der Waals surface area contributed by atoms with Crippen LogP contribution in [0.5, 0.6) is 11.5 Å². The van der Waals surface area contributed by atoms with Gasteiger partial charge in [0.2, 0.25) is 23.6 Å². The van der Waals surface area contributed by atoms with Crippen LogP contribution < -0.4 is 16.4 Å². The van der Waals surface area contributed by atoms with Gasteiger partial charge in [0.05, 0.1) is 6.04 Å². The largest absolute Gasteiger partial charge is 0.507 e. The first-order chi connectivity index (χ1) is 31.5. The lowest BCUT2D eigenvalue weighted by molar-refractivity contribution is -0.142. The van der Waals surface area contributed by atoms with Crippen LogP contribution in [-0.4, -0.2) is 100 Å². The number of benzene rings is 4. The zero-order valence-electron chi connectivity index (χ0n) is 37.7. The summed E-state index contributed by atoms with van der Waals surface area (Å²) >= 11 is 6.07. The maximum Gasteiger partial charge on any atom is 0.242 e. The van der Waals surface area contributed by atoms with Gasteiger partial charge in [0.15, 0.2) is 17.3 Å². The number of halogens is 1. The van der Waals surface area contributed by atoms with Crippen molar-refractivity contribution in [3.63, 3.8) is 0 Å². The first kappa shape index (κ1) is 49.1. The molecule has 4 bridgehead atoms. The van der Waals surface area contributed by atoms with Gasteiger partial charge < -0.3 is 36.4 Å². The van der Waals surface area contributed by atoms with Crippen LogP contribution >= 0.6 is 11.6 Å². The Morgan fingerprint density at radius 1 is 0.788 bits per heavy atom. The van der Waals surface area contributed by atoms with Gasteiger partial charge in [-0.3, -0.25) is 33.6 Å². The van der Waals surface area contributed by atoms with Crippen LogP contribution in [0, 0.1) is 17.8 Å². The van der Waals surface area contributed by atoms with E-state index in [1.165, 1.54) is 48.2 Å². The fraction of sp³-hybridized carbons (Fsp3) is 0.392. The third kappa shape index (κ3) is 11.5. The minimum atomic E-state index is -1.30. The molecule has 0 aromatic heterocycles. The van der Waals surface area contributed by atoms with E-state index < -0.39 is 65.2 Å². The molecule has 1 saturated heterocycles. The third-order valence-corrected chi connectivity index (χ3v) is 13.0. The summed E-state index contributed by atoms with van der Waals surface area (Å²) in [6.07, 6.45) is 1.08. The van der Waals surface area contributed by atoms with Crippen LogP contribution in [0.2, 0.25) is 5.02 Å². The van der Waals surface area contributed by atoms with Gasteiger partial charge in [-0.05, 0) is 90.9 Å². The number of phenolic OH excluding ortho intramolecular Hbond substituents is 2. The van der Waals surface area contributed by atoms with Crippen LogP contribution in [0.15, 0.2) is 84.9 Å². The Labute approximate surface area is 389 Å². The fourth-order valence-corrected chi connectivity index (χ4v) is 9.00. The molecule has 6 rings (SSSR count). The summed E-state index contributed by atoms with van der Waals surface area (Å²) in [7, 11) is 2.99. The van der Waals surface area contributed by atoms with Gasteiger partial charge in [-0.1, -0.05) is 80.4 Å². The number of Topliss-reactive ketones (excluding diaryl/α,β-unsaturated/α-hetero) is 3. The Hall–Kier alpha value is -6.38. The topological polar surface area (TPSA) is 217 Å². The molecule has 66 heavy (non-hydrogen) atoms. The van der Waals surface area contributed by atoms with Crippen molar-refractivity contribution >= 4 is 52.6 Å². The van der Waals surface area contributed by atoms with Gasteiger partial charge in [-0.25, -0.2) is 0 Å². The van der Waals surface area contributed by atoms with E-state index in [4.69, 9.17) is 17.3 Å². The first-order valence-electron chi connectivity index (χ1n) is 22.4. The van der Waals surface area contributed by atoms with E-state index in [9.17, 15) is 43.8 Å². The third-order valence-electron chi connectivity index (χ3n) is 12.8. The molecule has 14 nitrogen and oxygen atoms in total. The smallest absolute Gasteiger partial charge is 0.242 e. The van der Waals surface area contributed by atoms with Crippen molar-refractivity contribution in [1.82, 2.24) is 20.4 Å². The molecule has 0 radical (unpaired) electrons. The second-order valence-corrected chi connectivity index (χ2v) is 18.1. The summed E-state index contributed by atoms with van der Waals surface area (Å²) < 4.78 is 0. The number of nitrogens with two attached hydrogens (primary N) is 1. The second kappa shape index (κ2) is 21.7. The summed E-state index contributed by atoms with van der Waals surface area (Å²) in [5, 5.41) is 28.5. The molecule has 4 aromatic rings. The highest BCUT2D eigenvalue weighted by molar-refractivity contribution is 6.30. The number of ketones is 3. The molecular weight excluding hydrogens is 862 g/mol. The highest BCUT2D eigenvalue weighted by Crippen LogP contribution is 2.40. The number of hydrogen-bond acceptors (Lipinski definition) is 10. The maximum atomic E-state index is 14.7. The molecule has 0 saturated carbocycles. The van der Waals surface area contributed by atoms with E-state index in [2.05, 4.69) is 10.6 Å². The highest BCUT2D eigenvalue weighted by atomic mass is 35.5. The fourth-order valence-electron chi connectivity index (χ4n) is 8.87. The van der Waals surface area contributed by atoms with Crippen LogP contribution in [0.1, 0.15) is 86.3 Å². The van der Waals surface area contributed by atoms with E-state index in [1.807, 2.05) is 24.3 Å². The molecule has 0 aliphatic carbocycles. The first-order valence-corrected chi connectivity index (χ1v) is 22.8. The van der Waals surface area contributed by atoms with Crippen molar-refractivity contribution in [1.29, 1.82) is 0 Å². The Morgan fingerprint density at radius 3 is 2.06 bits per heavy atom. The number of amides is 4. The summed E-state index contributed by atoms with van der Waals surface area (Å²) in [6.45, 7) is 3.94. The van der Waals surface area contributed by atoms with Crippen molar-refractivity contribution < 1.29 is 43.8 Å². The summed E-state index contributed by atoms with van der Waals surface area (Å²) in [6, 6.07) is 20.2. The van der Waals surface area contributed by atoms with E-state index in [1.54, 1.807) is 50.2 Å². The van der Waals surface area contributed by atoms with Crippen molar-refractivity contribution in [2.45, 2.75) is 83.3 Å². The van der Waals surface area contributed by atoms with Crippen LogP contribution in [0.3, 0.4) is 0 Å². The molecule has 1 fully saturated rings. The second-order valence-electron chi connectivity index (χ2n) is 17.6. The molecule has 2 aliphatic rings. The number of phenols is 2. The van der Waals surface area contributed by atoms with Gasteiger partial charge in [0, 0.05) is 79.4 Å². The lowest BCUT2D eigenvalue weighted by Crippen LogP contribution is -2.48. The molecule has 0 spiro atoms. The van der Waals surface area contributed by atoms with Gasteiger partial charge in [-0.2, -0.15) is 0 Å². The number of likely N-dealkylation sites (N-methyl/N-ethyl adjacent to an activating group) is 2. The quantitative estimate of drug-likeness (QED) is 0.0674. The summed E-state index contributed by atoms with van der Waals surface area (Å²) in [5.74, 6) is -6.13. The van der Waals surface area contributed by atoms with Gasteiger partial charge >= 0.3 is 0 Å². The Kier molecular flexibility index (Phi) is 16.2. The van der Waals surface area contributed by atoms with E-state index >= 15 is 0 Å². The zero-order chi connectivity index (χ0) is 47.8. The van der Waals surface area contributed by atoms with Crippen molar-refractivity contribution in [3.8, 4) is 33.8 Å². The Morgan fingerprint density at radius 2 is 1.42 bits per heavy atom. The SMILES string of the molecule is C[C@@H]1CC(=O)[C@@H](N(C)C(=O)[C@H](CCCCN)CC(=O)c2ccc(-c3ccc(Cl)cc3)cc2)c2ccc(O)c(c2)-c2cc(ccc2O)C[C@@H](C(=O)C[C@@H](C)C(=O)N(C)[C@H]2CCNC2=O)NC1=O. The number of rotatable bonds is 15. The molecule has 348 valence electrons. The monoisotopic (exact) mass is 919 g/mol. The minimum absolute atomic E-state index is 0.0443. The summed E-state index contributed by atoms with van der Waals surface area (Å²) in [5.41, 5.74) is 9.16. The average Bonchev–Trinajstić information content (AvgIpc) is 3.74. The number of unbranched alkanes of at least 4 members (excludes halogenated alkanes) is 1. The molecular formula is C51H58ClN5O9. The molecule has 6 atom stereocenters. The summed E-state index contributed by atoms with van der Waals surface area (Å²) in [4.78, 5) is 99.6. The number of nitrogens with zero attached hydrogens (tertiary/aromatic N) is 2. The zero-order valence-corrected chi connectivity index (χ0v) is 38.5. The molecule has 15 heteroatoms. The molecule has 4 amide bonds. The minimum Gasteiger partial charge on any atom is -0.507 e. The Bertz CT molecular complexity index is 2480. The standard InChI is InChI=1S/C51H58ClN5O9/c1-29-23-46(62)47(57(4)51(66)36(7-5-6-21-53)28-44(60)34-11-9-32(10-12-34)33-13-16-37(52)17-14-33)35-15-19-43(59)39(27-35)38-25-31(8-18-42(38)58)26-40(55-48(29)63)45(61)24-30(2)50(65)56(3)41-20-22-54-49(41)64/h8-19,25,27,29-30,36,40-41,47,58-59H,5-7,20-24,26,28,53H2,1-4H3,(H,54,64)(H,55,63)/t29-,30-,36-,40+,41+,47+/m1/s1.